The van der Waals surface area contributed by atoms with E-state index in [1.54, 1.807) is 31.6 Å². The molecule has 0 fully saturated rings. The van der Waals surface area contributed by atoms with Crippen molar-refractivity contribution < 1.29 is 13.2 Å². The Morgan fingerprint density at radius 3 is 2.43 bits per heavy atom. The van der Waals surface area contributed by atoms with Crippen LogP contribution in [0.4, 0.5) is 8.78 Å². The molecule has 0 amide bonds. The van der Waals surface area contributed by atoms with Crippen molar-refractivity contribution in [1.29, 1.82) is 0 Å². The minimum atomic E-state index is -0.546. The Morgan fingerprint density at radius 1 is 0.919 bits per heavy atom. The first-order chi connectivity index (χ1) is 18.0. The average Bonchev–Trinajstić information content (AvgIpc) is 3.65. The summed E-state index contributed by atoms with van der Waals surface area (Å²) in [5.41, 5.74) is 3.29. The Kier molecular flexibility index (Phi) is 6.80. The number of fused-ring (bicyclic) bond motifs is 1. The van der Waals surface area contributed by atoms with Crippen molar-refractivity contribution >= 4 is 11.0 Å². The average molecular weight is 500 g/mol. The summed E-state index contributed by atoms with van der Waals surface area (Å²) in [6.07, 6.45) is 5.46. The molecule has 0 aliphatic heterocycles. The maximum atomic E-state index is 14.3. The molecule has 37 heavy (non-hydrogen) atoms. The van der Waals surface area contributed by atoms with Gasteiger partial charge in [-0.05, 0) is 55.5 Å². The van der Waals surface area contributed by atoms with E-state index in [0.717, 1.165) is 40.6 Å². The van der Waals surface area contributed by atoms with E-state index in [0.29, 0.717) is 30.4 Å². The molecule has 0 saturated carbocycles. The van der Waals surface area contributed by atoms with Crippen LogP contribution < -0.4 is 0 Å². The normalized spacial score (nSPS) is 10.9. The topological polar surface area (TPSA) is 87.5 Å². The Labute approximate surface area is 211 Å². The molecule has 10 heteroatoms. The fourth-order valence-electron chi connectivity index (χ4n) is 4.02. The van der Waals surface area contributed by atoms with Gasteiger partial charge in [0.05, 0.1) is 16.7 Å². The minimum absolute atomic E-state index is 0.0632. The van der Waals surface area contributed by atoms with Crippen LogP contribution in [0.3, 0.4) is 0 Å². The van der Waals surface area contributed by atoms with Gasteiger partial charge < -0.3 is 8.98 Å². The summed E-state index contributed by atoms with van der Waals surface area (Å²) >= 11 is 0. The van der Waals surface area contributed by atoms with Gasteiger partial charge in [-0.15, -0.1) is 10.2 Å². The van der Waals surface area contributed by atoms with Crippen LogP contribution in [0.1, 0.15) is 24.3 Å². The predicted octanol–water partition coefficient (Wildman–Crippen LogP) is 5.55. The van der Waals surface area contributed by atoms with Gasteiger partial charge in [0.25, 0.3) is 0 Å². The van der Waals surface area contributed by atoms with Gasteiger partial charge >= 0.3 is 0 Å². The number of aryl methyl sites for hydroxylation is 2. The van der Waals surface area contributed by atoms with E-state index in [4.69, 9.17) is 9.40 Å². The summed E-state index contributed by atoms with van der Waals surface area (Å²) in [7, 11) is 0. The molecular weight excluding hydrogens is 476 g/mol. The fraction of sp³-hybridized carbons (Fsp3) is 0.148. The van der Waals surface area contributed by atoms with Gasteiger partial charge in [0.15, 0.2) is 0 Å². The molecule has 4 aromatic heterocycles. The molecule has 0 aliphatic rings. The Bertz CT molecular complexity index is 1610. The van der Waals surface area contributed by atoms with Crippen LogP contribution >= 0.6 is 0 Å². The van der Waals surface area contributed by atoms with E-state index in [2.05, 4.69) is 24.8 Å². The summed E-state index contributed by atoms with van der Waals surface area (Å²) in [5.74, 6) is 0.645. The first kappa shape index (κ1) is 24.0. The van der Waals surface area contributed by atoms with Crippen molar-refractivity contribution in [3.63, 3.8) is 0 Å². The molecular formula is C27H23F2N7O. The van der Waals surface area contributed by atoms with E-state index < -0.39 is 11.6 Å². The number of hydrogen-bond donors (Lipinski definition) is 0. The van der Waals surface area contributed by atoms with Crippen molar-refractivity contribution in [1.82, 2.24) is 34.5 Å². The fourth-order valence-corrected chi connectivity index (χ4v) is 4.02. The Balaban J connectivity index is 0.000000412. The highest BCUT2D eigenvalue weighted by Gasteiger charge is 2.17. The molecule has 2 aromatic carbocycles. The second-order valence-electron chi connectivity index (χ2n) is 8.13. The summed E-state index contributed by atoms with van der Waals surface area (Å²) in [6.45, 7) is 4.47. The lowest BCUT2D eigenvalue weighted by Gasteiger charge is -2.10. The van der Waals surface area contributed by atoms with Crippen molar-refractivity contribution in [3.05, 3.63) is 108 Å². The smallest absolute Gasteiger partial charge is 0.247 e. The lowest BCUT2D eigenvalue weighted by molar-refractivity contribution is 0.533. The first-order valence-electron chi connectivity index (χ1n) is 11.7. The number of rotatable bonds is 5. The van der Waals surface area contributed by atoms with Crippen LogP contribution in [-0.4, -0.2) is 34.5 Å². The first-order valence-corrected chi connectivity index (χ1v) is 11.7. The van der Waals surface area contributed by atoms with Gasteiger partial charge in [-0.3, -0.25) is 4.98 Å². The third-order valence-electron chi connectivity index (χ3n) is 5.68. The third kappa shape index (κ3) is 5.13. The van der Waals surface area contributed by atoms with Crippen LogP contribution in [0.5, 0.6) is 0 Å². The van der Waals surface area contributed by atoms with E-state index >= 15 is 0 Å². The molecule has 0 spiro atoms. The molecule has 6 rings (SSSR count). The number of nitrogens with zero attached hydrogens (tertiary/aromatic N) is 7. The highest BCUT2D eigenvalue weighted by molar-refractivity contribution is 5.81. The second-order valence-corrected chi connectivity index (χ2v) is 8.13. The van der Waals surface area contributed by atoms with Crippen LogP contribution in [0.15, 0.2) is 83.7 Å². The standard InChI is InChI=1S/C22H18F2N6O.C5H5N/c1-3-29-19-7-4-14(22-28-27-13(2)31-22)10-18(19)26-21(29)12-16-8-9-25-30(16)20-11-15(23)5-6-17(20)24;1-2-4-6-5-3-1/h4-11H,3,12H2,1-2H3;1-5H. The number of halogens is 2. The minimum Gasteiger partial charge on any atom is -0.421 e. The molecule has 186 valence electrons. The zero-order chi connectivity index (χ0) is 25.8. The highest BCUT2D eigenvalue weighted by atomic mass is 19.1. The summed E-state index contributed by atoms with van der Waals surface area (Å²) < 4.78 is 37.0. The van der Waals surface area contributed by atoms with Gasteiger partial charge in [-0.2, -0.15) is 5.10 Å². The molecule has 8 nitrogen and oxygen atoms in total. The monoisotopic (exact) mass is 499 g/mol. The number of imidazole rings is 1. The molecule has 4 heterocycles. The van der Waals surface area contributed by atoms with E-state index in [-0.39, 0.29) is 5.69 Å². The molecule has 0 saturated heterocycles. The quantitative estimate of drug-likeness (QED) is 0.309. The molecule has 0 unspecified atom stereocenters. The maximum absolute atomic E-state index is 14.3. The number of benzene rings is 2. The Hall–Kier alpha value is -4.73. The largest absolute Gasteiger partial charge is 0.421 e. The third-order valence-corrected chi connectivity index (χ3v) is 5.68. The lowest BCUT2D eigenvalue weighted by atomic mass is 10.2. The van der Waals surface area contributed by atoms with Crippen LogP contribution in [0.25, 0.3) is 28.2 Å². The van der Waals surface area contributed by atoms with Gasteiger partial charge in [-0.1, -0.05) is 6.07 Å². The Morgan fingerprint density at radius 2 is 1.76 bits per heavy atom. The molecule has 0 aliphatic carbocycles. The van der Waals surface area contributed by atoms with Gasteiger partial charge in [0.1, 0.15) is 23.1 Å². The van der Waals surface area contributed by atoms with Gasteiger partial charge in [-0.25, -0.2) is 18.4 Å². The van der Waals surface area contributed by atoms with Gasteiger partial charge in [0, 0.05) is 50.1 Å². The number of pyridine rings is 1. The maximum Gasteiger partial charge on any atom is 0.247 e. The zero-order valence-electron chi connectivity index (χ0n) is 20.2. The SMILES string of the molecule is CCn1c(Cc2ccnn2-c2cc(F)ccc2F)nc2cc(-c3nnc(C)o3)ccc21.c1ccncc1. The zero-order valence-corrected chi connectivity index (χ0v) is 20.2. The van der Waals surface area contributed by atoms with E-state index in [1.165, 1.54) is 4.68 Å². The van der Waals surface area contributed by atoms with Crippen molar-refractivity contribution in [2.75, 3.05) is 0 Å². The summed E-state index contributed by atoms with van der Waals surface area (Å²) in [4.78, 5) is 8.58. The van der Waals surface area contributed by atoms with E-state index in [1.807, 2.05) is 43.3 Å². The number of hydrogen-bond acceptors (Lipinski definition) is 6. The summed E-state index contributed by atoms with van der Waals surface area (Å²) in [5, 5.41) is 12.1. The number of aromatic nitrogens is 7. The molecule has 0 atom stereocenters. The molecule has 0 radical (unpaired) electrons. The highest BCUT2D eigenvalue weighted by Crippen LogP contribution is 2.26. The van der Waals surface area contributed by atoms with Crippen LogP contribution in [-0.2, 0) is 13.0 Å². The molecule has 0 N–H and O–H groups in total. The lowest BCUT2D eigenvalue weighted by Crippen LogP contribution is -2.09. The van der Waals surface area contributed by atoms with Crippen molar-refractivity contribution in [2.45, 2.75) is 26.8 Å². The van der Waals surface area contributed by atoms with Crippen molar-refractivity contribution in [3.8, 4) is 17.1 Å². The van der Waals surface area contributed by atoms with Gasteiger partial charge in [0.2, 0.25) is 11.8 Å². The molecule has 6 aromatic rings. The predicted molar refractivity (Wildman–Crippen MR) is 134 cm³/mol. The van der Waals surface area contributed by atoms with Crippen molar-refractivity contribution in [2.24, 2.45) is 0 Å². The van der Waals surface area contributed by atoms with Crippen LogP contribution in [0.2, 0.25) is 0 Å². The molecule has 0 bridgehead atoms. The van der Waals surface area contributed by atoms with Crippen LogP contribution in [0, 0.1) is 18.6 Å². The van der Waals surface area contributed by atoms with E-state index in [9.17, 15) is 8.78 Å². The summed E-state index contributed by atoms with van der Waals surface area (Å²) in [6, 6.07) is 16.6. The second kappa shape index (κ2) is 10.5.